The molecule has 8 heteroatoms. The first-order valence-corrected chi connectivity index (χ1v) is 6.77. The molecule has 120 valence electrons. The average Bonchev–Trinajstić information content (AvgIpc) is 2.50. The minimum atomic E-state index is -0.866. The van der Waals surface area contributed by atoms with Gasteiger partial charge in [0.15, 0.2) is 5.69 Å². The monoisotopic (exact) mass is 317 g/mol. The molecule has 0 fully saturated rings. The summed E-state index contributed by atoms with van der Waals surface area (Å²) in [5, 5.41) is 9.26. The second kappa shape index (κ2) is 6.82. The SMILES string of the molecule is Cc1nc(C)c(C(=O)Oc2ccc(CO[N+](=O)[O-])cc2)nc1C. The summed E-state index contributed by atoms with van der Waals surface area (Å²) in [5.74, 6) is -0.299. The quantitative estimate of drug-likeness (QED) is 0.360. The van der Waals surface area contributed by atoms with Crippen LogP contribution in [0.3, 0.4) is 0 Å². The van der Waals surface area contributed by atoms with Gasteiger partial charge in [-0.25, -0.2) is 9.78 Å². The van der Waals surface area contributed by atoms with Crippen molar-refractivity contribution in [1.29, 1.82) is 0 Å². The van der Waals surface area contributed by atoms with Crippen molar-refractivity contribution in [2.45, 2.75) is 27.4 Å². The van der Waals surface area contributed by atoms with Crippen molar-refractivity contribution in [3.05, 3.63) is 62.7 Å². The fourth-order valence-electron chi connectivity index (χ4n) is 1.84. The third-order valence-electron chi connectivity index (χ3n) is 3.15. The molecule has 23 heavy (non-hydrogen) atoms. The van der Waals surface area contributed by atoms with Gasteiger partial charge in [-0.05, 0) is 38.5 Å². The zero-order valence-electron chi connectivity index (χ0n) is 12.9. The normalized spacial score (nSPS) is 10.2. The summed E-state index contributed by atoms with van der Waals surface area (Å²) in [4.78, 5) is 35.0. The first-order chi connectivity index (χ1) is 10.9. The Kier molecular flexibility index (Phi) is 4.85. The summed E-state index contributed by atoms with van der Waals surface area (Å²) in [7, 11) is 0. The van der Waals surface area contributed by atoms with Crippen molar-refractivity contribution < 1.29 is 19.5 Å². The molecule has 8 nitrogen and oxygen atoms in total. The lowest BCUT2D eigenvalue weighted by Crippen LogP contribution is -2.15. The minimum Gasteiger partial charge on any atom is -0.422 e. The highest BCUT2D eigenvalue weighted by Crippen LogP contribution is 2.16. The van der Waals surface area contributed by atoms with E-state index in [1.165, 1.54) is 12.1 Å². The van der Waals surface area contributed by atoms with Crippen molar-refractivity contribution in [2.75, 3.05) is 0 Å². The molecule has 0 aliphatic heterocycles. The standard InChI is InChI=1S/C15H15N3O5/c1-9-10(2)17-14(11(3)16-9)15(19)23-13-6-4-12(5-7-13)8-22-18(20)21/h4-7H,8H2,1-3H3. The first-order valence-electron chi connectivity index (χ1n) is 6.77. The maximum absolute atomic E-state index is 12.2. The van der Waals surface area contributed by atoms with Crippen LogP contribution < -0.4 is 4.74 Å². The number of hydrogen-bond donors (Lipinski definition) is 0. The van der Waals surface area contributed by atoms with Crippen LogP contribution in [0.1, 0.15) is 33.1 Å². The lowest BCUT2D eigenvalue weighted by atomic mass is 10.2. The topological polar surface area (TPSA) is 104 Å². The maximum Gasteiger partial charge on any atom is 0.364 e. The molecule has 1 aromatic carbocycles. The van der Waals surface area contributed by atoms with E-state index in [-0.39, 0.29) is 12.3 Å². The molecule has 0 aliphatic carbocycles. The van der Waals surface area contributed by atoms with E-state index in [0.29, 0.717) is 22.7 Å². The fraction of sp³-hybridized carbons (Fsp3) is 0.267. The van der Waals surface area contributed by atoms with Crippen molar-refractivity contribution >= 4 is 5.97 Å². The molecule has 0 amide bonds. The van der Waals surface area contributed by atoms with Crippen LogP contribution in [0.25, 0.3) is 0 Å². The zero-order chi connectivity index (χ0) is 17.0. The summed E-state index contributed by atoms with van der Waals surface area (Å²) < 4.78 is 5.24. The third-order valence-corrected chi connectivity index (χ3v) is 3.15. The molecule has 0 unspecified atom stereocenters. The smallest absolute Gasteiger partial charge is 0.364 e. The van der Waals surface area contributed by atoms with Crippen LogP contribution in [-0.2, 0) is 11.4 Å². The van der Waals surface area contributed by atoms with E-state index in [1.807, 2.05) is 6.92 Å². The van der Waals surface area contributed by atoms with E-state index >= 15 is 0 Å². The van der Waals surface area contributed by atoms with Gasteiger partial charge in [-0.2, -0.15) is 0 Å². The van der Waals surface area contributed by atoms with Crippen molar-refractivity contribution in [3.63, 3.8) is 0 Å². The van der Waals surface area contributed by atoms with E-state index in [4.69, 9.17) is 4.74 Å². The highest BCUT2D eigenvalue weighted by Gasteiger charge is 2.16. The Morgan fingerprint density at radius 3 is 2.30 bits per heavy atom. The Labute approximate surface area is 132 Å². The van der Waals surface area contributed by atoms with Crippen LogP contribution in [0.15, 0.2) is 24.3 Å². The van der Waals surface area contributed by atoms with Gasteiger partial charge in [-0.1, -0.05) is 12.1 Å². The minimum absolute atomic E-state index is 0.161. The van der Waals surface area contributed by atoms with Crippen molar-refractivity contribution in [1.82, 2.24) is 9.97 Å². The molecule has 0 aliphatic rings. The molecule has 0 spiro atoms. The second-order valence-corrected chi connectivity index (χ2v) is 4.86. The molecule has 0 saturated carbocycles. The highest BCUT2D eigenvalue weighted by atomic mass is 16.9. The second-order valence-electron chi connectivity index (χ2n) is 4.86. The van der Waals surface area contributed by atoms with Crippen molar-refractivity contribution in [2.24, 2.45) is 0 Å². The number of carbonyl (C=O) groups excluding carboxylic acids is 1. The summed E-state index contributed by atoms with van der Waals surface area (Å²) >= 11 is 0. The van der Waals surface area contributed by atoms with Crippen LogP contribution in [0.4, 0.5) is 0 Å². The van der Waals surface area contributed by atoms with Crippen LogP contribution in [0.5, 0.6) is 5.75 Å². The molecule has 0 bridgehead atoms. The molecule has 2 aromatic rings. The fourth-order valence-corrected chi connectivity index (χ4v) is 1.84. The summed E-state index contributed by atoms with van der Waals surface area (Å²) in [5.41, 5.74) is 2.66. The Bertz CT molecular complexity index is 744. The van der Waals surface area contributed by atoms with Gasteiger partial charge in [0.05, 0.1) is 17.1 Å². The molecule has 1 heterocycles. The van der Waals surface area contributed by atoms with Gasteiger partial charge < -0.3 is 9.57 Å². The lowest BCUT2D eigenvalue weighted by Gasteiger charge is -2.08. The van der Waals surface area contributed by atoms with Gasteiger partial charge in [0.2, 0.25) is 0 Å². The number of aryl methyl sites for hydroxylation is 3. The number of rotatable bonds is 5. The lowest BCUT2D eigenvalue weighted by molar-refractivity contribution is -0.763. The van der Waals surface area contributed by atoms with Gasteiger partial charge in [0, 0.05) is 0 Å². The Hall–Kier alpha value is -3.03. The Balaban J connectivity index is 2.08. The molecular weight excluding hydrogens is 302 g/mol. The van der Waals surface area contributed by atoms with Crippen LogP contribution in [0.2, 0.25) is 0 Å². The largest absolute Gasteiger partial charge is 0.422 e. The number of ether oxygens (including phenoxy) is 1. The number of nitrogens with zero attached hydrogens (tertiary/aromatic N) is 3. The molecule has 0 N–H and O–H groups in total. The summed E-state index contributed by atoms with van der Waals surface area (Å²) in [6, 6.07) is 6.21. The van der Waals surface area contributed by atoms with E-state index in [2.05, 4.69) is 14.8 Å². The van der Waals surface area contributed by atoms with Crippen molar-refractivity contribution in [3.8, 4) is 5.75 Å². The van der Waals surface area contributed by atoms with Gasteiger partial charge in [-0.3, -0.25) is 4.98 Å². The summed E-state index contributed by atoms with van der Waals surface area (Å²) in [6.07, 6.45) is 0. The molecule has 0 saturated heterocycles. The number of esters is 1. The predicted octanol–water partition coefficient (Wildman–Crippen LogP) is 2.33. The van der Waals surface area contributed by atoms with Gasteiger partial charge in [0.1, 0.15) is 12.4 Å². The zero-order valence-corrected chi connectivity index (χ0v) is 12.9. The number of benzene rings is 1. The number of aromatic nitrogens is 2. The van der Waals surface area contributed by atoms with E-state index in [1.54, 1.807) is 26.0 Å². The maximum atomic E-state index is 12.2. The third kappa shape index (κ3) is 4.22. The van der Waals surface area contributed by atoms with Gasteiger partial charge in [0.25, 0.3) is 5.09 Å². The van der Waals surface area contributed by atoms with Gasteiger partial charge >= 0.3 is 5.97 Å². The van der Waals surface area contributed by atoms with Crippen LogP contribution in [-0.4, -0.2) is 21.0 Å². The molecular formula is C15H15N3O5. The Morgan fingerprint density at radius 2 is 1.70 bits per heavy atom. The number of carbonyl (C=O) groups is 1. The summed E-state index contributed by atoms with van der Waals surface area (Å²) in [6.45, 7) is 5.11. The predicted molar refractivity (Wildman–Crippen MR) is 79.4 cm³/mol. The molecule has 1 aromatic heterocycles. The molecule has 0 radical (unpaired) electrons. The number of hydrogen-bond acceptors (Lipinski definition) is 7. The average molecular weight is 317 g/mol. The van der Waals surface area contributed by atoms with E-state index < -0.39 is 11.1 Å². The molecule has 0 atom stereocenters. The molecule has 2 rings (SSSR count). The van der Waals surface area contributed by atoms with Gasteiger partial charge in [-0.15, -0.1) is 10.1 Å². The Morgan fingerprint density at radius 1 is 1.09 bits per heavy atom. The first kappa shape index (κ1) is 16.3. The van der Waals surface area contributed by atoms with Crippen LogP contribution >= 0.6 is 0 Å². The van der Waals surface area contributed by atoms with E-state index in [9.17, 15) is 14.9 Å². The van der Waals surface area contributed by atoms with E-state index in [0.717, 1.165) is 5.69 Å². The van der Waals surface area contributed by atoms with Crippen LogP contribution in [0, 0.1) is 30.9 Å². The highest BCUT2D eigenvalue weighted by molar-refractivity contribution is 5.90.